The second-order valence-electron chi connectivity index (χ2n) is 4.00. The lowest BCUT2D eigenvalue weighted by Gasteiger charge is -2.11. The van der Waals surface area contributed by atoms with Crippen molar-refractivity contribution >= 4 is 34.1 Å². The van der Waals surface area contributed by atoms with E-state index in [0.717, 1.165) is 22.8 Å². The van der Waals surface area contributed by atoms with Gasteiger partial charge in [0.25, 0.3) is 0 Å². The van der Waals surface area contributed by atoms with Gasteiger partial charge >= 0.3 is 5.97 Å². The van der Waals surface area contributed by atoms with Crippen molar-refractivity contribution in [1.29, 1.82) is 0 Å². The molecule has 0 N–H and O–H groups in total. The summed E-state index contributed by atoms with van der Waals surface area (Å²) in [7, 11) is 1.43. The van der Waals surface area contributed by atoms with Crippen molar-refractivity contribution in [2.75, 3.05) is 7.11 Å². The highest BCUT2D eigenvalue weighted by molar-refractivity contribution is 8.16. The van der Waals surface area contributed by atoms with Crippen molar-refractivity contribution in [1.82, 2.24) is 0 Å². The maximum absolute atomic E-state index is 11.6. The summed E-state index contributed by atoms with van der Waals surface area (Å²) < 4.78 is 4.84. The van der Waals surface area contributed by atoms with Crippen molar-refractivity contribution in [2.24, 2.45) is 4.99 Å². The van der Waals surface area contributed by atoms with E-state index in [4.69, 9.17) is 4.74 Å². The highest BCUT2D eigenvalue weighted by Crippen LogP contribution is 2.57. The van der Waals surface area contributed by atoms with Crippen LogP contribution in [0.4, 0.5) is 0 Å². The monoisotopic (exact) mass is 253 g/mol. The molecule has 1 atom stereocenters. The van der Waals surface area contributed by atoms with Gasteiger partial charge in [-0.25, -0.2) is 4.79 Å². The van der Waals surface area contributed by atoms with Crippen LogP contribution in [0.3, 0.4) is 0 Å². The van der Waals surface area contributed by atoms with Gasteiger partial charge in [0.15, 0.2) is 6.04 Å². The summed E-state index contributed by atoms with van der Waals surface area (Å²) in [5, 5.41) is 3.03. The molecule has 0 amide bonds. The summed E-state index contributed by atoms with van der Waals surface area (Å²) in [6.45, 7) is 0. The van der Waals surface area contributed by atoms with Gasteiger partial charge in [0.05, 0.1) is 16.7 Å². The van der Waals surface area contributed by atoms with E-state index in [1.54, 1.807) is 23.1 Å². The van der Waals surface area contributed by atoms with E-state index in [2.05, 4.69) is 4.99 Å². The molecule has 0 radical (unpaired) electrons. The van der Waals surface area contributed by atoms with Crippen molar-refractivity contribution < 1.29 is 9.53 Å². The molecule has 0 aromatic carbocycles. The lowest BCUT2D eigenvalue weighted by molar-refractivity contribution is -0.142. The van der Waals surface area contributed by atoms with Gasteiger partial charge in [-0.05, 0) is 24.3 Å². The van der Waals surface area contributed by atoms with Crippen molar-refractivity contribution in [2.45, 2.75) is 23.6 Å². The SMILES string of the molecule is COC(=O)C1N=C(c2cccs2)SC12CC2. The van der Waals surface area contributed by atoms with Gasteiger partial charge in [0.1, 0.15) is 5.04 Å². The number of rotatable bonds is 2. The Morgan fingerprint density at radius 3 is 3.00 bits per heavy atom. The van der Waals surface area contributed by atoms with Crippen LogP contribution in [0.25, 0.3) is 0 Å². The van der Waals surface area contributed by atoms with E-state index in [1.165, 1.54) is 7.11 Å². The first kappa shape index (κ1) is 10.4. The van der Waals surface area contributed by atoms with Crippen LogP contribution in [0.5, 0.6) is 0 Å². The standard InChI is InChI=1S/C11H11NO2S2/c1-14-10(13)8-11(4-5-11)16-9(12-8)7-3-2-6-15-7/h2-3,6,8H,4-5H2,1H3. The number of esters is 1. The van der Waals surface area contributed by atoms with Crippen molar-refractivity contribution in [3.8, 4) is 0 Å². The number of hydrogen-bond acceptors (Lipinski definition) is 5. The zero-order valence-corrected chi connectivity index (χ0v) is 10.4. The number of methoxy groups -OCH3 is 1. The zero-order valence-electron chi connectivity index (χ0n) is 8.80. The molecule has 3 nitrogen and oxygen atoms in total. The van der Waals surface area contributed by atoms with Gasteiger partial charge in [0.2, 0.25) is 0 Å². The smallest absolute Gasteiger partial charge is 0.332 e. The van der Waals surface area contributed by atoms with Crippen molar-refractivity contribution in [3.63, 3.8) is 0 Å². The topological polar surface area (TPSA) is 38.7 Å². The molecule has 0 bridgehead atoms. The first-order valence-corrected chi connectivity index (χ1v) is 6.83. The Morgan fingerprint density at radius 1 is 1.62 bits per heavy atom. The maximum atomic E-state index is 11.6. The predicted molar refractivity (Wildman–Crippen MR) is 66.2 cm³/mol. The van der Waals surface area contributed by atoms with E-state index in [9.17, 15) is 4.79 Å². The number of carbonyl (C=O) groups excluding carboxylic acids is 1. The average Bonchev–Trinajstić information content (AvgIpc) is 2.76. The molecule has 1 fully saturated rings. The van der Waals surface area contributed by atoms with Gasteiger partial charge in [-0.3, -0.25) is 4.99 Å². The average molecular weight is 253 g/mol. The summed E-state index contributed by atoms with van der Waals surface area (Å²) in [5.74, 6) is -0.198. The first-order chi connectivity index (χ1) is 7.75. The summed E-state index contributed by atoms with van der Waals surface area (Å²) in [5.41, 5.74) is 0. The Bertz CT molecular complexity index is 449. The highest BCUT2D eigenvalue weighted by atomic mass is 32.2. The largest absolute Gasteiger partial charge is 0.467 e. The quantitative estimate of drug-likeness (QED) is 0.759. The Balaban J connectivity index is 1.91. The molecule has 84 valence electrons. The summed E-state index contributed by atoms with van der Waals surface area (Å²) in [6.07, 6.45) is 2.13. The molecular weight excluding hydrogens is 242 g/mol. The molecule has 2 heterocycles. The molecule has 1 spiro atoms. The third-order valence-corrected chi connectivity index (χ3v) is 5.51. The fraction of sp³-hybridized carbons (Fsp3) is 0.455. The molecule has 3 rings (SSSR count). The Kier molecular flexibility index (Phi) is 2.33. The zero-order chi connectivity index (χ0) is 11.2. The van der Waals surface area contributed by atoms with Crippen LogP contribution in [-0.4, -0.2) is 28.9 Å². The van der Waals surface area contributed by atoms with Gasteiger partial charge in [-0.1, -0.05) is 17.8 Å². The lowest BCUT2D eigenvalue weighted by Crippen LogP contribution is -2.29. The number of aliphatic imine (C=N–C) groups is 1. The van der Waals surface area contributed by atoms with Crippen LogP contribution in [0, 0.1) is 0 Å². The van der Waals surface area contributed by atoms with Gasteiger partial charge < -0.3 is 4.74 Å². The number of ether oxygens (including phenoxy) is 1. The fourth-order valence-electron chi connectivity index (χ4n) is 1.90. The second-order valence-corrected chi connectivity index (χ2v) is 6.36. The molecular formula is C11H11NO2S2. The molecule has 1 aromatic rings. The van der Waals surface area contributed by atoms with Crippen LogP contribution in [0.1, 0.15) is 17.7 Å². The van der Waals surface area contributed by atoms with Crippen LogP contribution in [0.2, 0.25) is 0 Å². The number of nitrogens with zero attached hydrogens (tertiary/aromatic N) is 1. The molecule has 1 aromatic heterocycles. The molecule has 1 aliphatic heterocycles. The molecule has 1 aliphatic carbocycles. The molecule has 0 saturated heterocycles. The maximum Gasteiger partial charge on any atom is 0.332 e. The molecule has 2 aliphatic rings. The predicted octanol–water partition coefficient (Wildman–Crippen LogP) is 2.32. The summed E-state index contributed by atoms with van der Waals surface area (Å²) in [6, 6.07) is 3.76. The fourth-order valence-corrected chi connectivity index (χ4v) is 4.06. The van der Waals surface area contributed by atoms with E-state index in [-0.39, 0.29) is 16.8 Å². The van der Waals surface area contributed by atoms with Crippen LogP contribution in [-0.2, 0) is 9.53 Å². The van der Waals surface area contributed by atoms with Gasteiger partial charge in [0, 0.05) is 0 Å². The number of thioether (sulfide) groups is 1. The summed E-state index contributed by atoms with van der Waals surface area (Å²) in [4.78, 5) is 17.3. The Hall–Kier alpha value is -0.810. The van der Waals surface area contributed by atoms with E-state index in [1.807, 2.05) is 17.5 Å². The Morgan fingerprint density at radius 2 is 2.44 bits per heavy atom. The Labute approximate surface area is 102 Å². The van der Waals surface area contributed by atoms with Crippen LogP contribution < -0.4 is 0 Å². The number of hydrogen-bond donors (Lipinski definition) is 0. The first-order valence-electron chi connectivity index (χ1n) is 5.14. The highest BCUT2D eigenvalue weighted by Gasteiger charge is 2.58. The minimum absolute atomic E-state index is 0.0203. The lowest BCUT2D eigenvalue weighted by atomic mass is 10.2. The van der Waals surface area contributed by atoms with E-state index < -0.39 is 0 Å². The minimum Gasteiger partial charge on any atom is -0.467 e. The molecule has 1 unspecified atom stereocenters. The molecule has 1 saturated carbocycles. The normalized spacial score (nSPS) is 25.6. The second kappa shape index (κ2) is 3.60. The number of carbonyl (C=O) groups is 1. The van der Waals surface area contributed by atoms with Gasteiger partial charge in [-0.15, -0.1) is 11.3 Å². The van der Waals surface area contributed by atoms with Crippen LogP contribution >= 0.6 is 23.1 Å². The molecule has 16 heavy (non-hydrogen) atoms. The minimum atomic E-state index is -0.292. The van der Waals surface area contributed by atoms with E-state index in [0.29, 0.717) is 0 Å². The third kappa shape index (κ3) is 1.50. The van der Waals surface area contributed by atoms with Gasteiger partial charge in [-0.2, -0.15) is 0 Å². The third-order valence-electron chi connectivity index (χ3n) is 2.94. The van der Waals surface area contributed by atoms with Crippen molar-refractivity contribution in [3.05, 3.63) is 22.4 Å². The summed E-state index contributed by atoms with van der Waals surface area (Å²) >= 11 is 3.41. The molecule has 5 heteroatoms. The van der Waals surface area contributed by atoms with E-state index >= 15 is 0 Å². The van der Waals surface area contributed by atoms with Crippen LogP contribution in [0.15, 0.2) is 22.5 Å². The number of thiophene rings is 1.